The van der Waals surface area contributed by atoms with Gasteiger partial charge in [-0.25, -0.2) is 4.79 Å². The Morgan fingerprint density at radius 3 is 2.91 bits per heavy atom. The number of ether oxygens (including phenoxy) is 1. The Morgan fingerprint density at radius 2 is 2.17 bits per heavy atom. The number of amides is 2. The largest absolute Gasteiger partial charge is 0.496 e. The third-order valence-electron chi connectivity index (χ3n) is 3.68. The fourth-order valence-electron chi connectivity index (χ4n) is 2.39. The van der Waals surface area contributed by atoms with Gasteiger partial charge in [-0.3, -0.25) is 5.32 Å². The summed E-state index contributed by atoms with van der Waals surface area (Å²) in [6, 6.07) is 7.53. The summed E-state index contributed by atoms with van der Waals surface area (Å²) in [7, 11) is 1.65. The molecule has 1 aromatic heterocycles. The van der Waals surface area contributed by atoms with Gasteiger partial charge >= 0.3 is 6.03 Å². The molecule has 1 aromatic carbocycles. The van der Waals surface area contributed by atoms with Crippen molar-refractivity contribution in [2.24, 2.45) is 0 Å². The third kappa shape index (κ3) is 4.19. The van der Waals surface area contributed by atoms with E-state index in [0.717, 1.165) is 16.3 Å². The number of methoxy groups -OCH3 is 1. The van der Waals surface area contributed by atoms with Gasteiger partial charge in [-0.05, 0) is 37.8 Å². The molecule has 1 fully saturated rings. The van der Waals surface area contributed by atoms with Crippen molar-refractivity contribution in [2.45, 2.75) is 38.1 Å². The normalized spacial score (nSPS) is 15.0. The summed E-state index contributed by atoms with van der Waals surface area (Å²) in [4.78, 5) is 12.0. The number of carbonyl (C=O) groups excluding carboxylic acids is 1. The first-order chi connectivity index (χ1) is 11.2. The molecule has 1 atom stereocenters. The van der Waals surface area contributed by atoms with Crippen molar-refractivity contribution in [3.8, 4) is 5.75 Å². The topological polar surface area (TPSA) is 76.1 Å². The number of nitrogens with one attached hydrogen (secondary N) is 2. The number of carbonyl (C=O) groups is 1. The molecule has 2 aromatic rings. The van der Waals surface area contributed by atoms with Crippen LogP contribution >= 0.6 is 11.3 Å². The lowest BCUT2D eigenvalue weighted by molar-refractivity contribution is 0.249. The van der Waals surface area contributed by atoms with Gasteiger partial charge in [0.15, 0.2) is 0 Å². The van der Waals surface area contributed by atoms with Gasteiger partial charge in [-0.15, -0.1) is 10.2 Å². The highest BCUT2D eigenvalue weighted by atomic mass is 32.1. The Balaban J connectivity index is 1.52. The number of urea groups is 1. The molecule has 2 N–H and O–H groups in total. The van der Waals surface area contributed by atoms with Crippen LogP contribution in [0.1, 0.15) is 36.3 Å². The molecule has 7 heteroatoms. The van der Waals surface area contributed by atoms with Crippen LogP contribution in [0.25, 0.3) is 0 Å². The molecule has 0 saturated heterocycles. The van der Waals surface area contributed by atoms with Gasteiger partial charge in [0, 0.05) is 12.0 Å². The smallest absolute Gasteiger partial charge is 0.321 e. The van der Waals surface area contributed by atoms with Crippen molar-refractivity contribution in [3.05, 3.63) is 34.8 Å². The van der Waals surface area contributed by atoms with Gasteiger partial charge in [0.2, 0.25) is 5.13 Å². The lowest BCUT2D eigenvalue weighted by Gasteiger charge is -2.15. The predicted molar refractivity (Wildman–Crippen MR) is 90.2 cm³/mol. The molecule has 23 heavy (non-hydrogen) atoms. The zero-order valence-electron chi connectivity index (χ0n) is 13.2. The van der Waals surface area contributed by atoms with Crippen LogP contribution < -0.4 is 15.4 Å². The first-order valence-electron chi connectivity index (χ1n) is 7.68. The van der Waals surface area contributed by atoms with E-state index in [1.54, 1.807) is 7.11 Å². The van der Waals surface area contributed by atoms with Crippen LogP contribution in [-0.2, 0) is 6.42 Å². The Kier molecular flexibility index (Phi) is 4.76. The molecule has 1 heterocycles. The first-order valence-corrected chi connectivity index (χ1v) is 8.50. The second kappa shape index (κ2) is 6.95. The van der Waals surface area contributed by atoms with E-state index in [-0.39, 0.29) is 12.1 Å². The molecular formula is C16H20N4O2S. The van der Waals surface area contributed by atoms with E-state index in [0.29, 0.717) is 17.5 Å². The number of benzene rings is 1. The molecule has 0 unspecified atom stereocenters. The minimum atomic E-state index is -0.258. The maximum atomic E-state index is 12.0. The Labute approximate surface area is 139 Å². The lowest BCUT2D eigenvalue weighted by Crippen LogP contribution is -2.37. The van der Waals surface area contributed by atoms with E-state index < -0.39 is 0 Å². The lowest BCUT2D eigenvalue weighted by atomic mass is 10.1. The average Bonchev–Trinajstić information content (AvgIpc) is 3.28. The Morgan fingerprint density at radius 1 is 1.39 bits per heavy atom. The summed E-state index contributed by atoms with van der Waals surface area (Å²) in [6.07, 6.45) is 3.05. The summed E-state index contributed by atoms with van der Waals surface area (Å²) in [5, 5.41) is 15.4. The fraction of sp³-hybridized carbons (Fsp3) is 0.438. The van der Waals surface area contributed by atoms with E-state index in [1.807, 2.05) is 31.2 Å². The predicted octanol–water partition coefficient (Wildman–Crippen LogP) is 3.18. The summed E-state index contributed by atoms with van der Waals surface area (Å²) in [5.74, 6) is 1.38. The number of aromatic nitrogens is 2. The monoisotopic (exact) mass is 332 g/mol. The van der Waals surface area contributed by atoms with Crippen LogP contribution in [0.15, 0.2) is 24.3 Å². The average molecular weight is 332 g/mol. The maximum absolute atomic E-state index is 12.0. The second-order valence-corrected chi connectivity index (χ2v) is 6.74. The molecule has 0 aliphatic heterocycles. The number of para-hydroxylation sites is 1. The second-order valence-electron chi connectivity index (χ2n) is 5.74. The molecular weight excluding hydrogens is 312 g/mol. The van der Waals surface area contributed by atoms with Crippen LogP contribution in [0, 0.1) is 0 Å². The van der Waals surface area contributed by atoms with Gasteiger partial charge < -0.3 is 10.1 Å². The van der Waals surface area contributed by atoms with Crippen molar-refractivity contribution in [3.63, 3.8) is 0 Å². The minimum Gasteiger partial charge on any atom is -0.496 e. The molecule has 6 nitrogen and oxygen atoms in total. The van der Waals surface area contributed by atoms with Gasteiger partial charge in [0.05, 0.1) is 7.11 Å². The van der Waals surface area contributed by atoms with E-state index in [2.05, 4.69) is 20.8 Å². The summed E-state index contributed by atoms with van der Waals surface area (Å²) in [6.45, 7) is 1.96. The van der Waals surface area contributed by atoms with Crippen LogP contribution in [-0.4, -0.2) is 29.4 Å². The van der Waals surface area contributed by atoms with Crippen molar-refractivity contribution in [1.29, 1.82) is 0 Å². The van der Waals surface area contributed by atoms with Crippen molar-refractivity contribution >= 4 is 22.5 Å². The fourth-order valence-corrected chi connectivity index (χ4v) is 3.30. The van der Waals surface area contributed by atoms with E-state index >= 15 is 0 Å². The van der Waals surface area contributed by atoms with Crippen LogP contribution in [0.4, 0.5) is 9.93 Å². The van der Waals surface area contributed by atoms with Gasteiger partial charge in [-0.2, -0.15) is 0 Å². The highest BCUT2D eigenvalue weighted by Gasteiger charge is 2.27. The number of anilines is 1. The maximum Gasteiger partial charge on any atom is 0.321 e. The number of rotatable bonds is 6. The van der Waals surface area contributed by atoms with Crippen LogP contribution in [0.5, 0.6) is 5.75 Å². The summed E-state index contributed by atoms with van der Waals surface area (Å²) >= 11 is 1.45. The van der Waals surface area contributed by atoms with Crippen LogP contribution in [0.2, 0.25) is 0 Å². The van der Waals surface area contributed by atoms with E-state index in [1.165, 1.54) is 24.2 Å². The molecule has 1 saturated carbocycles. The molecule has 1 aliphatic rings. The molecule has 0 radical (unpaired) electrons. The zero-order valence-corrected chi connectivity index (χ0v) is 14.0. The van der Waals surface area contributed by atoms with E-state index in [4.69, 9.17) is 4.74 Å². The SMILES string of the molecule is COc1ccccc1C[C@@H](C)NC(=O)Nc1nnc(C2CC2)s1. The number of hydrogen-bond acceptors (Lipinski definition) is 5. The molecule has 2 amide bonds. The van der Waals surface area contributed by atoms with Gasteiger partial charge in [0.1, 0.15) is 10.8 Å². The van der Waals surface area contributed by atoms with Gasteiger partial charge in [-0.1, -0.05) is 29.5 Å². The molecule has 1 aliphatic carbocycles. The van der Waals surface area contributed by atoms with E-state index in [9.17, 15) is 4.79 Å². The van der Waals surface area contributed by atoms with Gasteiger partial charge in [0.25, 0.3) is 0 Å². The van der Waals surface area contributed by atoms with Crippen LogP contribution in [0.3, 0.4) is 0 Å². The highest BCUT2D eigenvalue weighted by Crippen LogP contribution is 2.41. The summed E-state index contributed by atoms with van der Waals surface area (Å²) < 4.78 is 5.33. The molecule has 122 valence electrons. The molecule has 3 rings (SSSR count). The quantitative estimate of drug-likeness (QED) is 0.852. The zero-order chi connectivity index (χ0) is 16.2. The molecule has 0 spiro atoms. The first kappa shape index (κ1) is 15.7. The van der Waals surface area contributed by atoms with Crippen molar-refractivity contribution < 1.29 is 9.53 Å². The highest BCUT2D eigenvalue weighted by molar-refractivity contribution is 7.15. The molecule has 0 bridgehead atoms. The Hall–Kier alpha value is -2.15. The summed E-state index contributed by atoms with van der Waals surface area (Å²) in [5.41, 5.74) is 1.06. The standard InChI is InChI=1S/C16H20N4O2S/c1-10(9-12-5-3-4-6-13(12)22-2)17-15(21)18-16-20-19-14(23-16)11-7-8-11/h3-6,10-11H,7-9H2,1-2H3,(H2,17,18,20,21)/t10-/m1/s1. The minimum absolute atomic E-state index is 0.0258. The number of hydrogen-bond donors (Lipinski definition) is 2. The van der Waals surface area contributed by atoms with Crippen molar-refractivity contribution in [2.75, 3.05) is 12.4 Å². The third-order valence-corrected chi connectivity index (χ3v) is 4.68. The number of nitrogens with zero attached hydrogens (tertiary/aromatic N) is 2. The Bertz CT molecular complexity index is 684. The van der Waals surface area contributed by atoms with Crippen molar-refractivity contribution in [1.82, 2.24) is 15.5 Å².